The Morgan fingerprint density at radius 2 is 2.05 bits per heavy atom. The molecule has 1 rings (SSSR count). The van der Waals surface area contributed by atoms with Crippen molar-refractivity contribution in [1.29, 1.82) is 0 Å². The van der Waals surface area contributed by atoms with Crippen molar-refractivity contribution in [2.24, 2.45) is 11.8 Å². The van der Waals surface area contributed by atoms with E-state index in [2.05, 4.69) is 21.5 Å². The summed E-state index contributed by atoms with van der Waals surface area (Å²) in [4.78, 5) is 3.94. The van der Waals surface area contributed by atoms with Crippen LogP contribution in [-0.4, -0.2) is 31.7 Å². The number of hydrogen-bond acceptors (Lipinski definition) is 4. The summed E-state index contributed by atoms with van der Waals surface area (Å²) in [6.07, 6.45) is 2.74. The highest BCUT2D eigenvalue weighted by Crippen LogP contribution is 2.12. The fraction of sp³-hybridized carbons (Fsp3) is 0.500. The van der Waals surface area contributed by atoms with Crippen LogP contribution in [0.4, 0.5) is 0 Å². The minimum Gasteiger partial charge on any atom is -0.384 e. The number of sulfonamides is 1. The number of rotatable bonds is 5. The average molecular weight is 296 g/mol. The first-order valence-corrected chi connectivity index (χ1v) is 7.89. The summed E-state index contributed by atoms with van der Waals surface area (Å²) in [5.74, 6) is 5.74. The van der Waals surface area contributed by atoms with E-state index in [1.165, 1.54) is 18.5 Å². The lowest BCUT2D eigenvalue weighted by Gasteiger charge is -2.16. The molecule has 110 valence electrons. The number of aromatic nitrogens is 1. The van der Waals surface area contributed by atoms with Crippen molar-refractivity contribution >= 4 is 10.0 Å². The number of pyridine rings is 1. The van der Waals surface area contributed by atoms with Crippen molar-refractivity contribution in [3.05, 3.63) is 24.0 Å². The minimum atomic E-state index is -3.58. The van der Waals surface area contributed by atoms with Gasteiger partial charge in [0, 0.05) is 24.5 Å². The average Bonchev–Trinajstić information content (AvgIpc) is 2.42. The molecule has 1 unspecified atom stereocenters. The second-order valence-electron chi connectivity index (χ2n) is 4.94. The monoisotopic (exact) mass is 296 g/mol. The third-order valence-corrected chi connectivity index (χ3v) is 4.46. The van der Waals surface area contributed by atoms with Crippen molar-refractivity contribution in [2.75, 3.05) is 13.2 Å². The van der Waals surface area contributed by atoms with E-state index >= 15 is 0 Å². The topological polar surface area (TPSA) is 79.3 Å². The molecule has 0 spiro atoms. The van der Waals surface area contributed by atoms with Crippen LogP contribution in [0.25, 0.3) is 0 Å². The van der Waals surface area contributed by atoms with Gasteiger partial charge in [0.25, 0.3) is 0 Å². The third-order valence-electron chi connectivity index (χ3n) is 3.07. The molecule has 0 saturated carbocycles. The summed E-state index contributed by atoms with van der Waals surface area (Å²) in [6.45, 7) is 6.19. The van der Waals surface area contributed by atoms with Gasteiger partial charge < -0.3 is 5.11 Å². The van der Waals surface area contributed by atoms with E-state index in [1.807, 2.05) is 20.8 Å². The Balaban J connectivity index is 2.87. The first-order chi connectivity index (χ1) is 9.36. The largest absolute Gasteiger partial charge is 0.384 e. The van der Waals surface area contributed by atoms with Gasteiger partial charge in [-0.05, 0) is 17.9 Å². The van der Waals surface area contributed by atoms with Crippen LogP contribution in [0.2, 0.25) is 0 Å². The summed E-state index contributed by atoms with van der Waals surface area (Å²) in [5, 5.41) is 8.63. The molecule has 2 N–H and O–H groups in total. The van der Waals surface area contributed by atoms with Gasteiger partial charge in [-0.3, -0.25) is 4.98 Å². The van der Waals surface area contributed by atoms with Crippen LogP contribution in [0, 0.1) is 23.7 Å². The van der Waals surface area contributed by atoms with E-state index < -0.39 is 10.0 Å². The molecule has 6 heteroatoms. The lowest BCUT2D eigenvalue weighted by Crippen LogP contribution is -2.30. The van der Waals surface area contributed by atoms with Crippen LogP contribution in [0.15, 0.2) is 23.4 Å². The Bertz CT molecular complexity index is 600. The Morgan fingerprint density at radius 3 is 2.65 bits per heavy atom. The van der Waals surface area contributed by atoms with Crippen molar-refractivity contribution in [3.8, 4) is 11.8 Å². The molecular formula is C14H20N2O3S. The van der Waals surface area contributed by atoms with Crippen molar-refractivity contribution in [2.45, 2.75) is 25.7 Å². The van der Waals surface area contributed by atoms with Crippen molar-refractivity contribution in [1.82, 2.24) is 9.71 Å². The SMILES string of the molecule is CC(C)C(C)CNS(=O)(=O)c1cncc(C#CCO)c1. The molecule has 0 radical (unpaired) electrons. The summed E-state index contributed by atoms with van der Waals surface area (Å²) >= 11 is 0. The van der Waals surface area contributed by atoms with Crippen LogP contribution in [0.5, 0.6) is 0 Å². The zero-order valence-electron chi connectivity index (χ0n) is 11.9. The number of aliphatic hydroxyl groups is 1. The number of nitrogens with one attached hydrogen (secondary N) is 1. The van der Waals surface area contributed by atoms with Gasteiger partial charge in [0.05, 0.1) is 0 Å². The molecule has 0 aliphatic rings. The van der Waals surface area contributed by atoms with E-state index in [-0.39, 0.29) is 17.4 Å². The Labute approximate surface area is 120 Å². The van der Waals surface area contributed by atoms with Gasteiger partial charge in [-0.1, -0.05) is 32.6 Å². The Kier molecular flexibility index (Phi) is 6.14. The lowest BCUT2D eigenvalue weighted by molar-refractivity contribution is 0.350. The standard InChI is InChI=1S/C14H20N2O3S/c1-11(2)12(3)8-16-20(18,19)14-7-13(5-4-6-17)9-15-10-14/h7,9-12,16-17H,6,8H2,1-3H3. The van der Waals surface area contributed by atoms with E-state index in [0.29, 0.717) is 18.0 Å². The van der Waals surface area contributed by atoms with Gasteiger partial charge in [0.15, 0.2) is 0 Å². The maximum Gasteiger partial charge on any atom is 0.242 e. The van der Waals surface area contributed by atoms with E-state index in [4.69, 9.17) is 5.11 Å². The Morgan fingerprint density at radius 1 is 1.35 bits per heavy atom. The number of nitrogens with zero attached hydrogens (tertiary/aromatic N) is 1. The second kappa shape index (κ2) is 7.39. The molecule has 0 saturated heterocycles. The highest BCUT2D eigenvalue weighted by atomic mass is 32.2. The summed E-state index contributed by atoms with van der Waals surface area (Å²) in [5.41, 5.74) is 0.457. The second-order valence-corrected chi connectivity index (χ2v) is 6.71. The predicted molar refractivity (Wildman–Crippen MR) is 77.4 cm³/mol. The molecule has 0 aliphatic carbocycles. The van der Waals surface area contributed by atoms with Crippen molar-refractivity contribution in [3.63, 3.8) is 0 Å². The van der Waals surface area contributed by atoms with Gasteiger partial charge in [0.1, 0.15) is 11.5 Å². The highest BCUT2D eigenvalue weighted by Gasteiger charge is 2.17. The molecule has 1 atom stereocenters. The third kappa shape index (κ3) is 4.93. The normalized spacial score (nSPS) is 12.8. The molecule has 0 amide bonds. The minimum absolute atomic E-state index is 0.0817. The maximum absolute atomic E-state index is 12.1. The molecule has 1 aromatic heterocycles. The molecule has 5 nitrogen and oxygen atoms in total. The fourth-order valence-corrected chi connectivity index (χ4v) is 2.47. The molecule has 20 heavy (non-hydrogen) atoms. The van der Waals surface area contributed by atoms with Crippen LogP contribution in [0.3, 0.4) is 0 Å². The first-order valence-electron chi connectivity index (χ1n) is 6.41. The number of aliphatic hydroxyl groups excluding tert-OH is 1. The lowest BCUT2D eigenvalue weighted by atomic mass is 9.99. The molecular weight excluding hydrogens is 276 g/mol. The van der Waals surface area contributed by atoms with Gasteiger partial charge >= 0.3 is 0 Å². The zero-order chi connectivity index (χ0) is 15.2. The molecule has 0 bridgehead atoms. The summed E-state index contributed by atoms with van der Waals surface area (Å²) in [7, 11) is -3.58. The quantitative estimate of drug-likeness (QED) is 0.794. The van der Waals surface area contributed by atoms with Crippen LogP contribution in [0.1, 0.15) is 26.3 Å². The van der Waals surface area contributed by atoms with E-state index in [9.17, 15) is 8.42 Å². The zero-order valence-corrected chi connectivity index (χ0v) is 12.7. The first kappa shape index (κ1) is 16.6. The van der Waals surface area contributed by atoms with Crippen LogP contribution >= 0.6 is 0 Å². The molecule has 1 heterocycles. The van der Waals surface area contributed by atoms with Crippen LogP contribution in [-0.2, 0) is 10.0 Å². The van der Waals surface area contributed by atoms with Gasteiger partial charge in [-0.2, -0.15) is 0 Å². The molecule has 0 aliphatic heterocycles. The van der Waals surface area contributed by atoms with E-state index in [0.717, 1.165) is 0 Å². The summed E-state index contributed by atoms with van der Waals surface area (Å²) in [6, 6.07) is 1.44. The fourth-order valence-electron chi connectivity index (χ4n) is 1.34. The van der Waals surface area contributed by atoms with Gasteiger partial charge in [-0.25, -0.2) is 13.1 Å². The van der Waals surface area contributed by atoms with Gasteiger partial charge in [-0.15, -0.1) is 0 Å². The Hall–Kier alpha value is -1.42. The smallest absolute Gasteiger partial charge is 0.242 e. The highest BCUT2D eigenvalue weighted by molar-refractivity contribution is 7.89. The number of hydrogen-bond donors (Lipinski definition) is 2. The molecule has 0 fully saturated rings. The van der Waals surface area contributed by atoms with Crippen molar-refractivity contribution < 1.29 is 13.5 Å². The van der Waals surface area contributed by atoms with Gasteiger partial charge in [0.2, 0.25) is 10.0 Å². The molecule has 0 aromatic carbocycles. The maximum atomic E-state index is 12.1. The summed E-state index contributed by atoms with van der Waals surface area (Å²) < 4.78 is 26.8. The molecule has 1 aromatic rings. The van der Waals surface area contributed by atoms with E-state index in [1.54, 1.807) is 0 Å². The van der Waals surface area contributed by atoms with Crippen LogP contribution < -0.4 is 4.72 Å². The predicted octanol–water partition coefficient (Wildman–Crippen LogP) is 0.996.